The number of amides is 2. The van der Waals surface area contributed by atoms with Gasteiger partial charge in [0.05, 0.1) is 18.2 Å². The third-order valence-electron chi connectivity index (χ3n) is 5.37. The summed E-state index contributed by atoms with van der Waals surface area (Å²) >= 11 is 1.69. The van der Waals surface area contributed by atoms with Crippen LogP contribution in [0.1, 0.15) is 29.8 Å². The molecule has 0 spiro atoms. The lowest BCUT2D eigenvalue weighted by Crippen LogP contribution is -2.47. The molecule has 6 heteroatoms. The summed E-state index contributed by atoms with van der Waals surface area (Å²) in [6, 6.07) is 9.98. The van der Waals surface area contributed by atoms with Gasteiger partial charge in [0.2, 0.25) is 11.8 Å². The van der Waals surface area contributed by atoms with Crippen LogP contribution < -0.4 is 0 Å². The summed E-state index contributed by atoms with van der Waals surface area (Å²) in [5.41, 5.74) is 0.906. The molecule has 26 heavy (non-hydrogen) atoms. The van der Waals surface area contributed by atoms with E-state index in [4.69, 9.17) is 0 Å². The highest BCUT2D eigenvalue weighted by Crippen LogP contribution is 2.30. The van der Waals surface area contributed by atoms with E-state index in [9.17, 15) is 9.59 Å². The van der Waals surface area contributed by atoms with Gasteiger partial charge in [0.25, 0.3) is 0 Å². The van der Waals surface area contributed by atoms with E-state index in [1.54, 1.807) is 17.5 Å². The number of thiophene rings is 1. The number of hydrogen-bond acceptors (Lipinski definition) is 4. The molecule has 5 nitrogen and oxygen atoms in total. The van der Waals surface area contributed by atoms with E-state index >= 15 is 0 Å². The predicted molar refractivity (Wildman–Crippen MR) is 101 cm³/mol. The molecule has 2 amide bonds. The number of rotatable bonds is 5. The summed E-state index contributed by atoms with van der Waals surface area (Å²) in [5, 5.41) is 2.04. The van der Waals surface area contributed by atoms with Crippen molar-refractivity contribution in [2.45, 2.75) is 38.3 Å². The number of piperidine rings is 1. The number of pyridine rings is 1. The first-order chi connectivity index (χ1) is 12.7. The number of aromatic nitrogens is 1. The second-order valence-electron chi connectivity index (χ2n) is 7.09. The summed E-state index contributed by atoms with van der Waals surface area (Å²) in [7, 11) is 0. The fraction of sp³-hybridized carbons (Fsp3) is 0.450. The Morgan fingerprint density at radius 2 is 2.12 bits per heavy atom. The molecule has 3 fully saturated rings. The largest absolute Gasteiger partial charge is 0.340 e. The van der Waals surface area contributed by atoms with Crippen molar-refractivity contribution in [3.05, 3.63) is 52.5 Å². The van der Waals surface area contributed by atoms with E-state index in [0.29, 0.717) is 26.1 Å². The van der Waals surface area contributed by atoms with Gasteiger partial charge >= 0.3 is 0 Å². The first-order valence-corrected chi connectivity index (χ1v) is 10.1. The van der Waals surface area contributed by atoms with E-state index in [2.05, 4.69) is 11.1 Å². The molecule has 2 atom stereocenters. The van der Waals surface area contributed by atoms with Gasteiger partial charge < -0.3 is 9.80 Å². The molecule has 136 valence electrons. The molecule has 0 radical (unpaired) electrons. The van der Waals surface area contributed by atoms with Crippen LogP contribution in [0, 0.1) is 5.92 Å². The van der Waals surface area contributed by atoms with E-state index < -0.39 is 0 Å². The molecule has 2 aromatic heterocycles. The van der Waals surface area contributed by atoms with Crippen LogP contribution in [0.2, 0.25) is 0 Å². The highest BCUT2D eigenvalue weighted by Gasteiger charge is 2.41. The Labute approximate surface area is 157 Å². The van der Waals surface area contributed by atoms with Crippen molar-refractivity contribution >= 4 is 23.2 Å². The topological polar surface area (TPSA) is 53.5 Å². The molecule has 0 N–H and O–H groups in total. The Hall–Kier alpha value is -2.21. The molecule has 3 aliphatic rings. The highest BCUT2D eigenvalue weighted by atomic mass is 32.1. The lowest BCUT2D eigenvalue weighted by molar-refractivity contribution is -0.140. The van der Waals surface area contributed by atoms with Crippen LogP contribution in [0.3, 0.4) is 0 Å². The quantitative estimate of drug-likeness (QED) is 0.814. The zero-order valence-corrected chi connectivity index (χ0v) is 15.5. The van der Waals surface area contributed by atoms with Crippen LogP contribution in [-0.2, 0) is 22.6 Å². The second-order valence-corrected chi connectivity index (χ2v) is 8.13. The Kier molecular flexibility index (Phi) is 5.02. The highest BCUT2D eigenvalue weighted by molar-refractivity contribution is 7.09. The number of carbonyl (C=O) groups excluding carboxylic acids is 2. The Bertz CT molecular complexity index is 763. The molecule has 2 bridgehead atoms. The number of fused-ring (bicyclic) bond motifs is 4. The van der Waals surface area contributed by atoms with Crippen molar-refractivity contribution in [3.63, 3.8) is 0 Å². The van der Waals surface area contributed by atoms with Crippen molar-refractivity contribution in [2.24, 2.45) is 5.92 Å². The fourth-order valence-electron chi connectivity index (χ4n) is 3.96. The monoisotopic (exact) mass is 369 g/mol. The van der Waals surface area contributed by atoms with Gasteiger partial charge in [-0.1, -0.05) is 12.1 Å². The van der Waals surface area contributed by atoms with Gasteiger partial charge in [-0.2, -0.15) is 0 Å². The van der Waals surface area contributed by atoms with Crippen LogP contribution in [0.15, 0.2) is 41.9 Å². The van der Waals surface area contributed by atoms with Crippen molar-refractivity contribution in [2.75, 3.05) is 13.1 Å². The van der Waals surface area contributed by atoms with Gasteiger partial charge in [0.15, 0.2) is 0 Å². The Morgan fingerprint density at radius 1 is 1.19 bits per heavy atom. The maximum atomic E-state index is 12.9. The van der Waals surface area contributed by atoms with Crippen LogP contribution in [0.25, 0.3) is 0 Å². The minimum absolute atomic E-state index is 0.0665. The minimum Gasteiger partial charge on any atom is -0.340 e. The molecule has 5 rings (SSSR count). The normalized spacial score (nSPS) is 22.5. The molecule has 3 saturated heterocycles. The average Bonchev–Trinajstić information content (AvgIpc) is 3.04. The molecule has 2 aromatic rings. The summed E-state index contributed by atoms with van der Waals surface area (Å²) < 4.78 is 0. The summed E-state index contributed by atoms with van der Waals surface area (Å²) in [4.78, 5) is 35.1. The maximum absolute atomic E-state index is 12.9. The molecular formula is C20H23N3O2S. The fourth-order valence-corrected chi connectivity index (χ4v) is 4.67. The van der Waals surface area contributed by atoms with E-state index in [0.717, 1.165) is 25.0 Å². The molecular weight excluding hydrogens is 346 g/mol. The van der Waals surface area contributed by atoms with E-state index in [-0.39, 0.29) is 23.8 Å². The van der Waals surface area contributed by atoms with Crippen LogP contribution in [-0.4, -0.2) is 45.7 Å². The van der Waals surface area contributed by atoms with Crippen molar-refractivity contribution in [3.8, 4) is 0 Å². The molecule has 5 heterocycles. The number of carbonyl (C=O) groups is 2. The second kappa shape index (κ2) is 7.58. The third kappa shape index (κ3) is 3.65. The van der Waals surface area contributed by atoms with Crippen LogP contribution in [0.5, 0.6) is 0 Å². The number of hydrogen-bond donors (Lipinski definition) is 0. The van der Waals surface area contributed by atoms with Gasteiger partial charge in [-0.25, -0.2) is 0 Å². The third-order valence-corrected chi connectivity index (χ3v) is 6.31. The zero-order valence-electron chi connectivity index (χ0n) is 14.7. The standard InChI is InChI=1S/C20H23N3O2S/c24-19(9-8-18-5-3-11-26-18)22-12-15-6-7-17(14-22)23(20(15)25)13-16-4-1-2-10-21-16/h1-5,10-11,15,17H,6-9,12-14H2/t15-,17+/m0/s1. The molecule has 0 aliphatic carbocycles. The first kappa shape index (κ1) is 17.2. The zero-order chi connectivity index (χ0) is 17.9. The Balaban J connectivity index is 1.43. The summed E-state index contributed by atoms with van der Waals surface area (Å²) in [6.07, 6.45) is 4.92. The van der Waals surface area contributed by atoms with E-state index in [1.165, 1.54) is 4.88 Å². The average molecular weight is 369 g/mol. The molecule has 0 unspecified atom stereocenters. The van der Waals surface area contributed by atoms with E-state index in [1.807, 2.05) is 39.4 Å². The lowest BCUT2D eigenvalue weighted by atomic mass is 9.94. The molecule has 0 saturated carbocycles. The van der Waals surface area contributed by atoms with Gasteiger partial charge in [-0.05, 0) is 42.8 Å². The SMILES string of the molecule is O=C(CCc1cccs1)N1C[C@@H]2CC[C@H](C1)N(Cc1ccccn1)C2=O. The van der Waals surface area contributed by atoms with Crippen LogP contribution in [0.4, 0.5) is 0 Å². The van der Waals surface area contributed by atoms with Gasteiger partial charge in [-0.3, -0.25) is 14.6 Å². The molecule has 3 aliphatic heterocycles. The minimum atomic E-state index is -0.0665. The van der Waals surface area contributed by atoms with Crippen molar-refractivity contribution in [1.82, 2.24) is 14.8 Å². The lowest BCUT2D eigenvalue weighted by Gasteiger charge is -2.35. The molecule has 0 aromatic carbocycles. The van der Waals surface area contributed by atoms with Crippen molar-refractivity contribution < 1.29 is 9.59 Å². The van der Waals surface area contributed by atoms with Gasteiger partial charge in [-0.15, -0.1) is 11.3 Å². The van der Waals surface area contributed by atoms with Gasteiger partial charge in [0.1, 0.15) is 0 Å². The first-order valence-electron chi connectivity index (χ1n) is 9.21. The smallest absolute Gasteiger partial charge is 0.228 e. The summed E-state index contributed by atoms with van der Waals surface area (Å²) in [5.74, 6) is 0.284. The number of aryl methyl sites for hydroxylation is 1. The Morgan fingerprint density at radius 3 is 2.88 bits per heavy atom. The summed E-state index contributed by atoms with van der Waals surface area (Å²) in [6.45, 7) is 1.76. The predicted octanol–water partition coefficient (Wildman–Crippen LogP) is 2.73. The van der Waals surface area contributed by atoms with Crippen molar-refractivity contribution in [1.29, 1.82) is 0 Å². The van der Waals surface area contributed by atoms with Crippen LogP contribution >= 0.6 is 11.3 Å². The maximum Gasteiger partial charge on any atom is 0.228 e. The number of nitrogens with zero attached hydrogens (tertiary/aromatic N) is 3. The van der Waals surface area contributed by atoms with Gasteiger partial charge in [0, 0.05) is 36.6 Å².